The summed E-state index contributed by atoms with van der Waals surface area (Å²) in [5, 5.41) is 8.80. The van der Waals surface area contributed by atoms with Crippen molar-refractivity contribution in [3.63, 3.8) is 0 Å². The third-order valence-corrected chi connectivity index (χ3v) is 3.25. The molecule has 1 aromatic carbocycles. The molecule has 0 bridgehead atoms. The Bertz CT molecular complexity index is 589. The number of carbonyl (C=O) groups excluding carboxylic acids is 1. The monoisotopic (exact) mass is 284 g/mol. The predicted octanol–water partition coefficient (Wildman–Crippen LogP) is 3.58. The zero-order valence-electron chi connectivity index (χ0n) is 12.7. The van der Waals surface area contributed by atoms with Gasteiger partial charge in [-0.25, -0.2) is 4.79 Å². The van der Waals surface area contributed by atoms with Gasteiger partial charge in [-0.15, -0.1) is 0 Å². The quantitative estimate of drug-likeness (QED) is 0.792. The van der Waals surface area contributed by atoms with E-state index in [1.165, 1.54) is 5.57 Å². The zero-order valence-corrected chi connectivity index (χ0v) is 12.7. The highest BCUT2D eigenvalue weighted by atomic mass is 16.6. The minimum absolute atomic E-state index is 0.266. The summed E-state index contributed by atoms with van der Waals surface area (Å²) in [6.45, 7) is 6.82. The van der Waals surface area contributed by atoms with Crippen LogP contribution in [0.4, 0.5) is 4.79 Å². The summed E-state index contributed by atoms with van der Waals surface area (Å²) in [6.07, 6.45) is 2.58. The van der Waals surface area contributed by atoms with E-state index in [4.69, 9.17) is 10.00 Å². The molecular formula is C17H20N2O2. The van der Waals surface area contributed by atoms with E-state index in [-0.39, 0.29) is 6.09 Å². The molecule has 4 heteroatoms. The standard InChI is InChI=1S/C17H20N2O2/c1-17(2,3)21-16(20)19-10-8-15(9-11-19)14-6-4-13(12-18)5-7-14/h4-8H,9-11H2,1-3H3. The van der Waals surface area contributed by atoms with E-state index < -0.39 is 5.60 Å². The SMILES string of the molecule is CC(C)(C)OC(=O)N1CC=C(c2ccc(C#N)cc2)CC1. The first-order valence-electron chi connectivity index (χ1n) is 7.06. The molecule has 0 saturated heterocycles. The maximum absolute atomic E-state index is 12.0. The molecule has 1 aliphatic rings. The van der Waals surface area contributed by atoms with Crippen molar-refractivity contribution in [1.29, 1.82) is 5.26 Å². The van der Waals surface area contributed by atoms with Crippen LogP contribution in [0.25, 0.3) is 5.57 Å². The zero-order chi connectivity index (χ0) is 15.5. The summed E-state index contributed by atoms with van der Waals surface area (Å²) in [5.41, 5.74) is 2.51. The van der Waals surface area contributed by atoms with Crippen molar-refractivity contribution in [3.05, 3.63) is 41.5 Å². The Balaban J connectivity index is 2.01. The van der Waals surface area contributed by atoms with Crippen LogP contribution >= 0.6 is 0 Å². The van der Waals surface area contributed by atoms with Gasteiger partial charge in [0, 0.05) is 13.1 Å². The van der Waals surface area contributed by atoms with Crippen LogP contribution in [-0.4, -0.2) is 29.7 Å². The molecule has 0 unspecified atom stereocenters. The highest BCUT2D eigenvalue weighted by Gasteiger charge is 2.23. The second kappa shape index (κ2) is 6.01. The number of nitriles is 1. The number of hydrogen-bond donors (Lipinski definition) is 0. The van der Waals surface area contributed by atoms with Crippen LogP contribution in [0, 0.1) is 11.3 Å². The molecule has 110 valence electrons. The number of benzene rings is 1. The Morgan fingerprint density at radius 3 is 2.43 bits per heavy atom. The molecule has 1 aliphatic heterocycles. The van der Waals surface area contributed by atoms with Crippen molar-refractivity contribution in [3.8, 4) is 6.07 Å². The predicted molar refractivity (Wildman–Crippen MR) is 81.6 cm³/mol. The molecule has 1 amide bonds. The van der Waals surface area contributed by atoms with Gasteiger partial charge in [0.1, 0.15) is 5.60 Å². The molecule has 1 heterocycles. The minimum atomic E-state index is -0.464. The Labute approximate surface area is 125 Å². The van der Waals surface area contributed by atoms with E-state index in [1.807, 2.05) is 45.0 Å². The normalized spacial score (nSPS) is 15.1. The van der Waals surface area contributed by atoms with E-state index >= 15 is 0 Å². The fourth-order valence-electron chi connectivity index (χ4n) is 2.18. The number of amides is 1. The van der Waals surface area contributed by atoms with Crippen LogP contribution < -0.4 is 0 Å². The van der Waals surface area contributed by atoms with E-state index in [0.717, 1.165) is 12.0 Å². The number of ether oxygens (including phenoxy) is 1. The lowest BCUT2D eigenvalue weighted by molar-refractivity contribution is 0.0270. The molecule has 0 radical (unpaired) electrons. The van der Waals surface area contributed by atoms with E-state index in [2.05, 4.69) is 12.1 Å². The van der Waals surface area contributed by atoms with E-state index in [0.29, 0.717) is 18.7 Å². The molecule has 0 spiro atoms. The van der Waals surface area contributed by atoms with Crippen LogP contribution in [0.15, 0.2) is 30.3 Å². The van der Waals surface area contributed by atoms with Crippen LogP contribution in [-0.2, 0) is 4.74 Å². The second-order valence-corrected chi connectivity index (χ2v) is 6.09. The average molecular weight is 284 g/mol. The molecule has 0 aliphatic carbocycles. The van der Waals surface area contributed by atoms with Gasteiger partial charge in [-0.2, -0.15) is 5.26 Å². The minimum Gasteiger partial charge on any atom is -0.444 e. The molecule has 0 N–H and O–H groups in total. The Kier molecular flexibility index (Phi) is 4.32. The fourth-order valence-corrected chi connectivity index (χ4v) is 2.18. The van der Waals surface area contributed by atoms with E-state index in [1.54, 1.807) is 4.90 Å². The number of carbonyl (C=O) groups is 1. The number of rotatable bonds is 1. The highest BCUT2D eigenvalue weighted by molar-refractivity contribution is 5.72. The molecule has 0 aromatic heterocycles. The lowest BCUT2D eigenvalue weighted by Crippen LogP contribution is -2.39. The van der Waals surface area contributed by atoms with Crippen molar-refractivity contribution >= 4 is 11.7 Å². The van der Waals surface area contributed by atoms with Crippen molar-refractivity contribution in [2.45, 2.75) is 32.8 Å². The first-order valence-corrected chi connectivity index (χ1v) is 7.06. The lowest BCUT2D eigenvalue weighted by atomic mass is 9.99. The summed E-state index contributed by atoms with van der Waals surface area (Å²) in [4.78, 5) is 13.7. The van der Waals surface area contributed by atoms with Gasteiger partial charge in [-0.05, 0) is 50.5 Å². The highest BCUT2D eigenvalue weighted by Crippen LogP contribution is 2.23. The maximum Gasteiger partial charge on any atom is 0.410 e. The molecule has 1 aromatic rings. The third-order valence-electron chi connectivity index (χ3n) is 3.25. The second-order valence-electron chi connectivity index (χ2n) is 6.09. The van der Waals surface area contributed by atoms with Crippen LogP contribution in [0.2, 0.25) is 0 Å². The Morgan fingerprint density at radius 1 is 1.29 bits per heavy atom. The fraction of sp³-hybridized carbons (Fsp3) is 0.412. The van der Waals surface area contributed by atoms with Gasteiger partial charge in [0.15, 0.2) is 0 Å². The van der Waals surface area contributed by atoms with Gasteiger partial charge >= 0.3 is 6.09 Å². The maximum atomic E-state index is 12.0. The van der Waals surface area contributed by atoms with Crippen LogP contribution in [0.5, 0.6) is 0 Å². The lowest BCUT2D eigenvalue weighted by Gasteiger charge is -2.29. The largest absolute Gasteiger partial charge is 0.444 e. The van der Waals surface area contributed by atoms with Crippen LogP contribution in [0.1, 0.15) is 38.3 Å². The molecule has 0 fully saturated rings. The Hall–Kier alpha value is -2.28. The smallest absolute Gasteiger partial charge is 0.410 e. The number of hydrogen-bond acceptors (Lipinski definition) is 3. The van der Waals surface area contributed by atoms with Gasteiger partial charge in [0.25, 0.3) is 0 Å². The molecule has 0 saturated carbocycles. The summed E-state index contributed by atoms with van der Waals surface area (Å²) < 4.78 is 5.37. The van der Waals surface area contributed by atoms with Gasteiger partial charge in [0.2, 0.25) is 0 Å². The van der Waals surface area contributed by atoms with Gasteiger partial charge in [-0.3, -0.25) is 0 Å². The topological polar surface area (TPSA) is 53.3 Å². The van der Waals surface area contributed by atoms with Crippen molar-refractivity contribution in [2.75, 3.05) is 13.1 Å². The molecule has 21 heavy (non-hydrogen) atoms. The summed E-state index contributed by atoms with van der Waals surface area (Å²) in [5.74, 6) is 0. The summed E-state index contributed by atoms with van der Waals surface area (Å²) in [7, 11) is 0. The summed E-state index contributed by atoms with van der Waals surface area (Å²) in [6, 6.07) is 9.65. The molecule has 2 rings (SSSR count). The Morgan fingerprint density at radius 2 is 1.95 bits per heavy atom. The van der Waals surface area contributed by atoms with Crippen molar-refractivity contribution < 1.29 is 9.53 Å². The molecular weight excluding hydrogens is 264 g/mol. The van der Waals surface area contributed by atoms with E-state index in [9.17, 15) is 4.79 Å². The first kappa shape index (κ1) is 15.1. The van der Waals surface area contributed by atoms with Crippen molar-refractivity contribution in [2.24, 2.45) is 0 Å². The van der Waals surface area contributed by atoms with Crippen molar-refractivity contribution in [1.82, 2.24) is 4.90 Å². The van der Waals surface area contributed by atoms with Gasteiger partial charge in [0.05, 0.1) is 11.6 Å². The molecule has 0 atom stereocenters. The average Bonchev–Trinajstić information content (AvgIpc) is 2.46. The van der Waals surface area contributed by atoms with Crippen LogP contribution in [0.3, 0.4) is 0 Å². The van der Waals surface area contributed by atoms with Gasteiger partial charge < -0.3 is 9.64 Å². The summed E-state index contributed by atoms with van der Waals surface area (Å²) >= 11 is 0. The molecule has 4 nitrogen and oxygen atoms in total. The first-order chi connectivity index (χ1) is 9.89. The number of nitrogens with zero attached hydrogens (tertiary/aromatic N) is 2. The van der Waals surface area contributed by atoms with Gasteiger partial charge in [-0.1, -0.05) is 18.2 Å². The third kappa shape index (κ3) is 4.09.